The Bertz CT molecular complexity index is 460. The molecule has 2 rings (SSSR count). The molecule has 17 heavy (non-hydrogen) atoms. The molecule has 1 unspecified atom stereocenters. The molecule has 0 amide bonds. The largest absolute Gasteiger partial charge is 0.358 e. The highest BCUT2D eigenvalue weighted by molar-refractivity contribution is 5.80. The van der Waals surface area contributed by atoms with Crippen molar-refractivity contribution in [2.75, 3.05) is 0 Å². The lowest BCUT2D eigenvalue weighted by molar-refractivity contribution is 0.173. The molecular formula is C15H20FN. The monoisotopic (exact) mass is 233 g/mol. The van der Waals surface area contributed by atoms with E-state index in [0.29, 0.717) is 12.3 Å². The Kier molecular flexibility index (Phi) is 3.23. The minimum Gasteiger partial charge on any atom is -0.358 e. The summed E-state index contributed by atoms with van der Waals surface area (Å²) in [7, 11) is 0. The maximum Gasteiger partial charge on any atom is 0.105 e. The van der Waals surface area contributed by atoms with E-state index < -0.39 is 5.67 Å². The summed E-state index contributed by atoms with van der Waals surface area (Å²) in [6, 6.07) is 10.4. The van der Waals surface area contributed by atoms with Gasteiger partial charge in [-0.1, -0.05) is 25.1 Å². The van der Waals surface area contributed by atoms with Crippen molar-refractivity contribution in [3.05, 3.63) is 36.0 Å². The van der Waals surface area contributed by atoms with Gasteiger partial charge < -0.3 is 4.98 Å². The fraction of sp³-hybridized carbons (Fsp3) is 0.467. The van der Waals surface area contributed by atoms with Gasteiger partial charge in [0.25, 0.3) is 0 Å². The van der Waals surface area contributed by atoms with E-state index in [1.165, 1.54) is 11.1 Å². The van der Waals surface area contributed by atoms with Crippen molar-refractivity contribution in [1.29, 1.82) is 0 Å². The zero-order valence-corrected chi connectivity index (χ0v) is 10.8. The van der Waals surface area contributed by atoms with Crippen molar-refractivity contribution < 1.29 is 4.39 Å². The normalized spacial score (nSPS) is 14.1. The van der Waals surface area contributed by atoms with Crippen molar-refractivity contribution in [3.8, 4) is 0 Å². The lowest BCUT2D eigenvalue weighted by Crippen LogP contribution is -2.17. The molecule has 1 heterocycles. The van der Waals surface area contributed by atoms with Gasteiger partial charge in [-0.05, 0) is 50.1 Å². The Balaban J connectivity index is 2.08. The maximum atomic E-state index is 13.5. The van der Waals surface area contributed by atoms with Crippen molar-refractivity contribution in [1.82, 2.24) is 4.98 Å². The fourth-order valence-electron chi connectivity index (χ4n) is 2.52. The molecule has 1 aromatic heterocycles. The lowest BCUT2D eigenvalue weighted by Gasteiger charge is -2.19. The summed E-state index contributed by atoms with van der Waals surface area (Å²) in [5, 5.41) is 1.23. The average Bonchev–Trinajstić information content (AvgIpc) is 2.55. The molecule has 0 aliphatic heterocycles. The van der Waals surface area contributed by atoms with Gasteiger partial charge in [0.15, 0.2) is 0 Å². The molecule has 1 aromatic carbocycles. The zero-order valence-electron chi connectivity index (χ0n) is 10.8. The molecule has 92 valence electrons. The zero-order chi connectivity index (χ0) is 12.5. The van der Waals surface area contributed by atoms with E-state index >= 15 is 0 Å². The predicted molar refractivity (Wildman–Crippen MR) is 71.0 cm³/mol. The van der Waals surface area contributed by atoms with Gasteiger partial charge in [0, 0.05) is 11.2 Å². The first-order chi connectivity index (χ1) is 7.94. The number of halogens is 1. The topological polar surface area (TPSA) is 15.8 Å². The average molecular weight is 233 g/mol. The third kappa shape index (κ3) is 3.32. The Morgan fingerprint density at radius 3 is 2.65 bits per heavy atom. The predicted octanol–water partition coefficient (Wildman–Crippen LogP) is 4.48. The van der Waals surface area contributed by atoms with E-state index in [-0.39, 0.29) is 0 Å². The van der Waals surface area contributed by atoms with Crippen LogP contribution in [0.25, 0.3) is 10.9 Å². The van der Waals surface area contributed by atoms with Crippen molar-refractivity contribution >= 4 is 10.9 Å². The molecule has 0 fully saturated rings. The number of fused-ring (bicyclic) bond motifs is 1. The van der Waals surface area contributed by atoms with Crippen LogP contribution in [0.15, 0.2) is 30.3 Å². The van der Waals surface area contributed by atoms with E-state index in [2.05, 4.69) is 30.1 Å². The van der Waals surface area contributed by atoms with Crippen LogP contribution in [0.5, 0.6) is 0 Å². The highest BCUT2D eigenvalue weighted by Crippen LogP contribution is 2.24. The van der Waals surface area contributed by atoms with E-state index in [9.17, 15) is 4.39 Å². The van der Waals surface area contributed by atoms with Gasteiger partial charge in [0.05, 0.1) is 0 Å². The van der Waals surface area contributed by atoms with Crippen molar-refractivity contribution in [2.45, 2.75) is 39.3 Å². The molecule has 0 aliphatic carbocycles. The van der Waals surface area contributed by atoms with Crippen LogP contribution < -0.4 is 0 Å². The maximum absolute atomic E-state index is 13.5. The number of hydrogen-bond donors (Lipinski definition) is 1. The molecule has 2 heteroatoms. The molecule has 0 aliphatic rings. The van der Waals surface area contributed by atoms with Crippen LogP contribution in [-0.4, -0.2) is 10.7 Å². The second kappa shape index (κ2) is 4.52. The SMILES string of the molecule is CC(Cc1cc2ccccc2[nH]1)CC(C)(C)F. The van der Waals surface area contributed by atoms with Gasteiger partial charge in [0.1, 0.15) is 5.67 Å². The molecule has 0 bridgehead atoms. The van der Waals surface area contributed by atoms with Gasteiger partial charge in [-0.25, -0.2) is 4.39 Å². The van der Waals surface area contributed by atoms with E-state index in [4.69, 9.17) is 0 Å². The minimum absolute atomic E-state index is 0.350. The van der Waals surface area contributed by atoms with Crippen LogP contribution in [0.4, 0.5) is 4.39 Å². The minimum atomic E-state index is -1.08. The number of benzene rings is 1. The summed E-state index contributed by atoms with van der Waals surface area (Å²) < 4.78 is 13.5. The number of aromatic amines is 1. The molecule has 0 spiro atoms. The van der Waals surface area contributed by atoms with Crippen molar-refractivity contribution in [2.24, 2.45) is 5.92 Å². The van der Waals surface area contributed by atoms with Gasteiger partial charge in [-0.2, -0.15) is 0 Å². The first kappa shape index (κ1) is 12.2. The second-order valence-corrected chi connectivity index (χ2v) is 5.61. The quantitative estimate of drug-likeness (QED) is 0.801. The van der Waals surface area contributed by atoms with Crippen LogP contribution in [0.2, 0.25) is 0 Å². The molecule has 0 radical (unpaired) electrons. The van der Waals surface area contributed by atoms with E-state index in [0.717, 1.165) is 11.9 Å². The summed E-state index contributed by atoms with van der Waals surface area (Å²) in [5.74, 6) is 0.350. The van der Waals surface area contributed by atoms with Crippen LogP contribution in [0.1, 0.15) is 32.9 Å². The summed E-state index contributed by atoms with van der Waals surface area (Å²) in [4.78, 5) is 3.39. The van der Waals surface area contributed by atoms with Gasteiger partial charge in [-0.3, -0.25) is 0 Å². The molecule has 2 aromatic rings. The Morgan fingerprint density at radius 2 is 2.00 bits per heavy atom. The summed E-state index contributed by atoms with van der Waals surface area (Å²) >= 11 is 0. The smallest absolute Gasteiger partial charge is 0.105 e. The Labute approximate surface area is 102 Å². The third-order valence-corrected chi connectivity index (χ3v) is 2.99. The summed E-state index contributed by atoms with van der Waals surface area (Å²) in [6.07, 6.45) is 1.50. The third-order valence-electron chi connectivity index (χ3n) is 2.99. The summed E-state index contributed by atoms with van der Waals surface area (Å²) in [6.45, 7) is 5.40. The molecule has 0 saturated heterocycles. The van der Waals surface area contributed by atoms with E-state index in [1.54, 1.807) is 13.8 Å². The van der Waals surface area contributed by atoms with Crippen molar-refractivity contribution in [3.63, 3.8) is 0 Å². The van der Waals surface area contributed by atoms with E-state index in [1.807, 2.05) is 12.1 Å². The first-order valence-electron chi connectivity index (χ1n) is 6.19. The first-order valence-corrected chi connectivity index (χ1v) is 6.19. The Hall–Kier alpha value is -1.31. The van der Waals surface area contributed by atoms with Gasteiger partial charge in [-0.15, -0.1) is 0 Å². The second-order valence-electron chi connectivity index (χ2n) is 5.61. The van der Waals surface area contributed by atoms with Crippen LogP contribution in [0, 0.1) is 5.92 Å². The number of hydrogen-bond acceptors (Lipinski definition) is 0. The molecule has 1 atom stereocenters. The number of rotatable bonds is 4. The van der Waals surface area contributed by atoms with Gasteiger partial charge in [0.2, 0.25) is 0 Å². The number of H-pyrrole nitrogens is 1. The van der Waals surface area contributed by atoms with Crippen LogP contribution in [-0.2, 0) is 6.42 Å². The standard InChI is InChI=1S/C15H20FN/c1-11(10-15(2,3)16)8-13-9-12-6-4-5-7-14(12)17-13/h4-7,9,11,17H,8,10H2,1-3H3. The van der Waals surface area contributed by atoms with Gasteiger partial charge >= 0.3 is 0 Å². The molecule has 1 N–H and O–H groups in total. The van der Waals surface area contributed by atoms with Crippen LogP contribution >= 0.6 is 0 Å². The number of alkyl halides is 1. The lowest BCUT2D eigenvalue weighted by atomic mass is 9.93. The molecule has 1 nitrogen and oxygen atoms in total. The number of nitrogens with one attached hydrogen (secondary N) is 1. The van der Waals surface area contributed by atoms with Crippen LogP contribution in [0.3, 0.4) is 0 Å². The highest BCUT2D eigenvalue weighted by atomic mass is 19.1. The Morgan fingerprint density at radius 1 is 1.29 bits per heavy atom. The molecule has 0 saturated carbocycles. The summed E-state index contributed by atoms with van der Waals surface area (Å²) in [5.41, 5.74) is 1.28. The number of para-hydroxylation sites is 1. The number of aromatic nitrogens is 1. The fourth-order valence-corrected chi connectivity index (χ4v) is 2.52. The molecular weight excluding hydrogens is 213 g/mol. The highest BCUT2D eigenvalue weighted by Gasteiger charge is 2.20.